The van der Waals surface area contributed by atoms with Crippen molar-refractivity contribution in [2.45, 2.75) is 39.3 Å². The van der Waals surface area contributed by atoms with Gasteiger partial charge in [0.1, 0.15) is 0 Å². The normalized spacial score (nSPS) is 11.9. The Bertz CT molecular complexity index is 899. The number of ketones is 1. The Hall–Kier alpha value is -3.48. The van der Waals surface area contributed by atoms with Crippen molar-refractivity contribution < 1.29 is 23.9 Å². The SMILES string of the molecule is C[C@@H](OC(=O)c1ccc(C(=O)c2ccccc2)cc1)C(=O)NC(=O)NC(C)(C)C. The summed E-state index contributed by atoms with van der Waals surface area (Å²) in [5.74, 6) is -1.64. The summed E-state index contributed by atoms with van der Waals surface area (Å²) in [5.41, 5.74) is 0.649. The molecule has 0 aliphatic rings. The first-order chi connectivity index (χ1) is 13.6. The fourth-order valence-electron chi connectivity index (χ4n) is 2.38. The minimum Gasteiger partial charge on any atom is -0.449 e. The molecule has 7 nitrogen and oxygen atoms in total. The summed E-state index contributed by atoms with van der Waals surface area (Å²) in [7, 11) is 0. The summed E-state index contributed by atoms with van der Waals surface area (Å²) in [4.78, 5) is 48.4. The molecular weight excluding hydrogens is 372 g/mol. The highest BCUT2D eigenvalue weighted by Crippen LogP contribution is 2.12. The predicted octanol–water partition coefficient (Wildman–Crippen LogP) is 3.09. The highest BCUT2D eigenvalue weighted by Gasteiger charge is 2.23. The second kappa shape index (κ2) is 9.14. The third kappa shape index (κ3) is 6.57. The van der Waals surface area contributed by atoms with Crippen molar-refractivity contribution in [1.29, 1.82) is 0 Å². The van der Waals surface area contributed by atoms with Crippen molar-refractivity contribution in [3.05, 3.63) is 71.3 Å². The van der Waals surface area contributed by atoms with Crippen molar-refractivity contribution in [2.75, 3.05) is 0 Å². The van der Waals surface area contributed by atoms with Gasteiger partial charge in [0.25, 0.3) is 5.91 Å². The Labute approximate surface area is 169 Å². The number of urea groups is 1. The number of nitrogens with one attached hydrogen (secondary N) is 2. The molecule has 7 heteroatoms. The number of hydrogen-bond donors (Lipinski definition) is 2. The van der Waals surface area contributed by atoms with Crippen LogP contribution in [0, 0.1) is 0 Å². The summed E-state index contributed by atoms with van der Waals surface area (Å²) in [5, 5.41) is 4.70. The van der Waals surface area contributed by atoms with E-state index < -0.39 is 29.6 Å². The molecule has 0 bridgehead atoms. The topological polar surface area (TPSA) is 102 Å². The summed E-state index contributed by atoms with van der Waals surface area (Å²) >= 11 is 0. The predicted molar refractivity (Wildman–Crippen MR) is 108 cm³/mol. The lowest BCUT2D eigenvalue weighted by Crippen LogP contribution is -2.50. The molecule has 0 spiro atoms. The Morgan fingerprint density at radius 1 is 0.828 bits per heavy atom. The summed E-state index contributed by atoms with van der Waals surface area (Å²) in [6, 6.07) is 14.1. The minimum atomic E-state index is -1.17. The number of rotatable bonds is 5. The molecular formula is C22H24N2O5. The van der Waals surface area contributed by atoms with Crippen molar-refractivity contribution in [1.82, 2.24) is 10.6 Å². The number of hydrogen-bond acceptors (Lipinski definition) is 5. The van der Waals surface area contributed by atoms with Crippen LogP contribution in [0.15, 0.2) is 54.6 Å². The lowest BCUT2D eigenvalue weighted by Gasteiger charge is -2.21. The number of carbonyl (C=O) groups excluding carboxylic acids is 4. The van der Waals surface area contributed by atoms with E-state index in [-0.39, 0.29) is 11.3 Å². The number of amides is 3. The zero-order chi connectivity index (χ0) is 21.6. The molecule has 2 aromatic carbocycles. The van der Waals surface area contributed by atoms with Gasteiger partial charge in [-0.15, -0.1) is 0 Å². The van der Waals surface area contributed by atoms with Gasteiger partial charge >= 0.3 is 12.0 Å². The summed E-state index contributed by atoms with van der Waals surface area (Å²) < 4.78 is 5.10. The van der Waals surface area contributed by atoms with E-state index in [4.69, 9.17) is 4.74 Å². The van der Waals surface area contributed by atoms with Crippen LogP contribution in [0.4, 0.5) is 4.79 Å². The molecule has 29 heavy (non-hydrogen) atoms. The number of benzene rings is 2. The van der Waals surface area contributed by atoms with Gasteiger partial charge in [-0.05, 0) is 39.8 Å². The Morgan fingerprint density at radius 3 is 1.90 bits per heavy atom. The Balaban J connectivity index is 1.95. The lowest BCUT2D eigenvalue weighted by atomic mass is 10.0. The molecule has 0 aliphatic heterocycles. The largest absolute Gasteiger partial charge is 0.449 e. The molecule has 0 saturated heterocycles. The quantitative estimate of drug-likeness (QED) is 0.597. The van der Waals surface area contributed by atoms with Crippen LogP contribution >= 0.6 is 0 Å². The molecule has 0 saturated carbocycles. The molecule has 0 aliphatic carbocycles. The lowest BCUT2D eigenvalue weighted by molar-refractivity contribution is -0.127. The maximum absolute atomic E-state index is 12.4. The minimum absolute atomic E-state index is 0.164. The highest BCUT2D eigenvalue weighted by atomic mass is 16.5. The fourth-order valence-corrected chi connectivity index (χ4v) is 2.38. The number of imide groups is 1. The molecule has 0 radical (unpaired) electrons. The van der Waals surface area contributed by atoms with Crippen LogP contribution in [0.1, 0.15) is 54.0 Å². The van der Waals surface area contributed by atoms with Gasteiger partial charge in [-0.25, -0.2) is 9.59 Å². The van der Waals surface area contributed by atoms with Crippen LogP contribution in [0.2, 0.25) is 0 Å². The third-order valence-electron chi connectivity index (χ3n) is 3.80. The molecule has 0 aromatic heterocycles. The fraction of sp³-hybridized carbons (Fsp3) is 0.273. The van der Waals surface area contributed by atoms with E-state index >= 15 is 0 Å². The number of esters is 1. The van der Waals surface area contributed by atoms with E-state index in [1.165, 1.54) is 31.2 Å². The average molecular weight is 396 g/mol. The molecule has 1 atom stereocenters. The third-order valence-corrected chi connectivity index (χ3v) is 3.80. The van der Waals surface area contributed by atoms with Crippen LogP contribution in [0.3, 0.4) is 0 Å². The van der Waals surface area contributed by atoms with Gasteiger partial charge in [-0.2, -0.15) is 0 Å². The molecule has 2 rings (SSSR count). The van der Waals surface area contributed by atoms with Gasteiger partial charge < -0.3 is 10.1 Å². The van der Waals surface area contributed by atoms with Gasteiger partial charge in [-0.1, -0.05) is 42.5 Å². The van der Waals surface area contributed by atoms with Crippen molar-refractivity contribution >= 4 is 23.7 Å². The van der Waals surface area contributed by atoms with E-state index in [1.54, 1.807) is 45.0 Å². The van der Waals surface area contributed by atoms with Crippen LogP contribution < -0.4 is 10.6 Å². The zero-order valence-electron chi connectivity index (χ0n) is 16.8. The van der Waals surface area contributed by atoms with E-state index in [0.29, 0.717) is 11.1 Å². The molecule has 152 valence electrons. The van der Waals surface area contributed by atoms with Gasteiger partial charge in [0.05, 0.1) is 5.56 Å². The molecule has 0 unspecified atom stereocenters. The average Bonchev–Trinajstić information content (AvgIpc) is 2.66. The van der Waals surface area contributed by atoms with Gasteiger partial charge in [0.15, 0.2) is 11.9 Å². The van der Waals surface area contributed by atoms with Crippen molar-refractivity contribution in [2.24, 2.45) is 0 Å². The van der Waals surface area contributed by atoms with Crippen molar-refractivity contribution in [3.8, 4) is 0 Å². The summed E-state index contributed by atoms with van der Waals surface area (Å²) in [6.45, 7) is 6.68. The smallest absolute Gasteiger partial charge is 0.338 e. The molecule has 0 fully saturated rings. The van der Waals surface area contributed by atoms with Gasteiger partial charge in [0.2, 0.25) is 0 Å². The molecule has 3 amide bonds. The second-order valence-electron chi connectivity index (χ2n) is 7.51. The van der Waals surface area contributed by atoms with E-state index in [2.05, 4.69) is 10.6 Å². The second-order valence-corrected chi connectivity index (χ2v) is 7.51. The van der Waals surface area contributed by atoms with E-state index in [9.17, 15) is 19.2 Å². The van der Waals surface area contributed by atoms with Gasteiger partial charge in [0, 0.05) is 16.7 Å². The van der Waals surface area contributed by atoms with Crippen LogP contribution in [-0.4, -0.2) is 35.3 Å². The highest BCUT2D eigenvalue weighted by molar-refractivity contribution is 6.09. The van der Waals surface area contributed by atoms with Crippen LogP contribution in [-0.2, 0) is 9.53 Å². The van der Waals surface area contributed by atoms with Crippen LogP contribution in [0.25, 0.3) is 0 Å². The number of ether oxygens (including phenoxy) is 1. The van der Waals surface area contributed by atoms with E-state index in [1.807, 2.05) is 6.07 Å². The monoisotopic (exact) mass is 396 g/mol. The summed E-state index contributed by atoms with van der Waals surface area (Å²) in [6.07, 6.45) is -1.17. The molecule has 2 N–H and O–H groups in total. The maximum Gasteiger partial charge on any atom is 0.338 e. The first-order valence-corrected chi connectivity index (χ1v) is 9.10. The molecule has 0 heterocycles. The molecule has 2 aromatic rings. The van der Waals surface area contributed by atoms with E-state index in [0.717, 1.165) is 0 Å². The Kier molecular flexibility index (Phi) is 6.88. The maximum atomic E-state index is 12.4. The van der Waals surface area contributed by atoms with Gasteiger partial charge in [-0.3, -0.25) is 14.9 Å². The van der Waals surface area contributed by atoms with Crippen LogP contribution in [0.5, 0.6) is 0 Å². The standard InChI is InChI=1S/C22H24N2O5/c1-14(19(26)23-21(28)24-22(2,3)4)29-20(27)17-12-10-16(11-13-17)18(25)15-8-6-5-7-9-15/h5-14H,1-4H3,(H2,23,24,26,28)/t14-/m1/s1. The first-order valence-electron chi connectivity index (χ1n) is 9.10. The first kappa shape index (κ1) is 21.8. The van der Waals surface area contributed by atoms with Crippen molar-refractivity contribution in [3.63, 3.8) is 0 Å². The number of carbonyl (C=O) groups is 4. The zero-order valence-corrected chi connectivity index (χ0v) is 16.8. The Morgan fingerprint density at radius 2 is 1.34 bits per heavy atom.